The second-order valence-electron chi connectivity index (χ2n) is 7.52. The van der Waals surface area contributed by atoms with Crippen molar-refractivity contribution in [1.29, 1.82) is 0 Å². The number of piperidine rings is 1. The molecule has 4 rings (SSSR count). The molecule has 2 heterocycles. The van der Waals surface area contributed by atoms with E-state index in [0.29, 0.717) is 23.8 Å². The molecule has 2 spiro atoms. The number of hydrogen-bond donors (Lipinski definition) is 0. The van der Waals surface area contributed by atoms with Crippen LogP contribution in [0.3, 0.4) is 0 Å². The van der Waals surface area contributed by atoms with Crippen LogP contribution in [-0.2, 0) is 14.3 Å². The van der Waals surface area contributed by atoms with Crippen LogP contribution < -0.4 is 0 Å². The number of hydrogen-bond acceptors (Lipinski definition) is 3. The van der Waals surface area contributed by atoms with Gasteiger partial charge in [-0.15, -0.1) is 0 Å². The maximum absolute atomic E-state index is 12.6. The van der Waals surface area contributed by atoms with Gasteiger partial charge in [0.15, 0.2) is 0 Å². The highest BCUT2D eigenvalue weighted by Crippen LogP contribution is 2.66. The van der Waals surface area contributed by atoms with Crippen LogP contribution in [-0.4, -0.2) is 60.5 Å². The van der Waals surface area contributed by atoms with Crippen molar-refractivity contribution in [1.82, 2.24) is 9.80 Å². The second kappa shape index (κ2) is 4.45. The number of carbonyl (C=O) groups is 2. The van der Waals surface area contributed by atoms with Crippen molar-refractivity contribution in [2.75, 3.05) is 33.3 Å². The van der Waals surface area contributed by atoms with Crippen molar-refractivity contribution >= 4 is 11.8 Å². The first-order valence-electron chi connectivity index (χ1n) is 8.20. The van der Waals surface area contributed by atoms with Crippen LogP contribution in [0.2, 0.25) is 0 Å². The van der Waals surface area contributed by atoms with E-state index in [1.165, 1.54) is 19.3 Å². The third kappa shape index (κ3) is 2.08. The third-order valence-corrected chi connectivity index (χ3v) is 6.28. The van der Waals surface area contributed by atoms with Gasteiger partial charge in [0.05, 0.1) is 5.60 Å². The quantitative estimate of drug-likeness (QED) is 0.725. The molecule has 2 aliphatic heterocycles. The van der Waals surface area contributed by atoms with Crippen molar-refractivity contribution < 1.29 is 14.3 Å². The lowest BCUT2D eigenvalue weighted by molar-refractivity contribution is -0.171. The fourth-order valence-electron chi connectivity index (χ4n) is 4.43. The Bertz CT molecular complexity index is 478. The maximum Gasteiger partial charge on any atom is 0.248 e. The highest BCUT2D eigenvalue weighted by Gasteiger charge is 2.62. The number of ether oxygens (including phenoxy) is 1. The summed E-state index contributed by atoms with van der Waals surface area (Å²) in [6, 6.07) is 0. The lowest BCUT2D eigenvalue weighted by Gasteiger charge is -2.46. The molecule has 0 aromatic rings. The van der Waals surface area contributed by atoms with E-state index in [1.807, 2.05) is 11.9 Å². The lowest BCUT2D eigenvalue weighted by Crippen LogP contribution is -2.58. The Hall–Kier alpha value is -1.10. The summed E-state index contributed by atoms with van der Waals surface area (Å²) >= 11 is 0. The van der Waals surface area contributed by atoms with Crippen LogP contribution >= 0.6 is 0 Å². The van der Waals surface area contributed by atoms with E-state index in [4.69, 9.17) is 4.74 Å². The molecule has 116 valence electrons. The predicted molar refractivity (Wildman–Crippen MR) is 76.5 cm³/mol. The van der Waals surface area contributed by atoms with E-state index in [1.54, 1.807) is 4.90 Å². The third-order valence-electron chi connectivity index (χ3n) is 6.28. The summed E-state index contributed by atoms with van der Waals surface area (Å²) in [4.78, 5) is 27.9. The van der Waals surface area contributed by atoms with Crippen LogP contribution in [0.5, 0.6) is 0 Å². The van der Waals surface area contributed by atoms with Crippen LogP contribution in [0.25, 0.3) is 0 Å². The molecule has 2 amide bonds. The smallest absolute Gasteiger partial charge is 0.248 e. The topological polar surface area (TPSA) is 49.9 Å². The summed E-state index contributed by atoms with van der Waals surface area (Å²) in [5.74, 6) is 0.755. The van der Waals surface area contributed by atoms with Gasteiger partial charge in [-0.1, -0.05) is 6.42 Å². The number of likely N-dealkylation sites (N-methyl/N-ethyl adjacent to an activating group) is 1. The van der Waals surface area contributed by atoms with Gasteiger partial charge in [0.1, 0.15) is 6.61 Å². The van der Waals surface area contributed by atoms with Gasteiger partial charge < -0.3 is 14.5 Å². The summed E-state index contributed by atoms with van der Waals surface area (Å²) in [5, 5.41) is 0. The Labute approximate surface area is 125 Å². The maximum atomic E-state index is 12.6. The standard InChI is InChI=1S/C16H24N2O3/c1-17-11-16(21-10-13(17)19)5-7-18(8-6-16)14(20)12-9-15(12)3-2-4-15/h12H,2-11H2,1H3. The average Bonchev–Trinajstić information content (AvgIpc) is 3.20. The van der Waals surface area contributed by atoms with Gasteiger partial charge in [-0.05, 0) is 37.5 Å². The molecule has 0 aromatic heterocycles. The molecular weight excluding hydrogens is 268 g/mol. The van der Waals surface area contributed by atoms with Gasteiger partial charge in [0.2, 0.25) is 11.8 Å². The van der Waals surface area contributed by atoms with Crippen molar-refractivity contribution in [2.24, 2.45) is 11.3 Å². The molecule has 0 bridgehead atoms. The minimum absolute atomic E-state index is 0.0593. The molecule has 0 radical (unpaired) electrons. The van der Waals surface area contributed by atoms with Crippen molar-refractivity contribution in [3.63, 3.8) is 0 Å². The molecular formula is C16H24N2O3. The fraction of sp³-hybridized carbons (Fsp3) is 0.875. The van der Waals surface area contributed by atoms with E-state index < -0.39 is 0 Å². The molecule has 2 aliphatic carbocycles. The first kappa shape index (κ1) is 13.6. The highest BCUT2D eigenvalue weighted by molar-refractivity contribution is 5.83. The Morgan fingerprint density at radius 2 is 1.95 bits per heavy atom. The molecule has 21 heavy (non-hydrogen) atoms. The van der Waals surface area contributed by atoms with Crippen molar-refractivity contribution in [3.05, 3.63) is 0 Å². The van der Waals surface area contributed by atoms with E-state index in [0.717, 1.165) is 32.4 Å². The average molecular weight is 292 g/mol. The zero-order chi connectivity index (χ0) is 14.7. The number of morpholine rings is 1. The van der Waals surface area contributed by atoms with Gasteiger partial charge >= 0.3 is 0 Å². The van der Waals surface area contributed by atoms with Crippen molar-refractivity contribution in [2.45, 2.75) is 44.1 Å². The Balaban J connectivity index is 1.34. The number of amides is 2. The van der Waals surface area contributed by atoms with Gasteiger partial charge in [-0.25, -0.2) is 0 Å². The first-order chi connectivity index (χ1) is 10.0. The predicted octanol–water partition coefficient (Wildman–Crippen LogP) is 1.03. The molecule has 0 aromatic carbocycles. The highest BCUT2D eigenvalue weighted by atomic mass is 16.5. The zero-order valence-corrected chi connectivity index (χ0v) is 12.8. The van der Waals surface area contributed by atoms with E-state index in [-0.39, 0.29) is 18.1 Å². The SMILES string of the molecule is CN1CC2(CCN(C(=O)C3CC34CCC4)CC2)OCC1=O. The van der Waals surface area contributed by atoms with Crippen LogP contribution in [0.1, 0.15) is 38.5 Å². The van der Waals surface area contributed by atoms with E-state index in [9.17, 15) is 9.59 Å². The van der Waals surface area contributed by atoms with Gasteiger partial charge in [-0.2, -0.15) is 0 Å². The van der Waals surface area contributed by atoms with E-state index in [2.05, 4.69) is 0 Å². The number of likely N-dealkylation sites (tertiary alicyclic amines) is 1. The van der Waals surface area contributed by atoms with Crippen LogP contribution in [0, 0.1) is 11.3 Å². The molecule has 4 aliphatic rings. The molecule has 1 atom stereocenters. The minimum atomic E-state index is -0.211. The Morgan fingerprint density at radius 3 is 2.48 bits per heavy atom. The summed E-state index contributed by atoms with van der Waals surface area (Å²) in [5.41, 5.74) is 0.206. The molecule has 5 nitrogen and oxygen atoms in total. The minimum Gasteiger partial charge on any atom is -0.363 e. The number of carbonyl (C=O) groups excluding carboxylic acids is 2. The van der Waals surface area contributed by atoms with Gasteiger partial charge in [0, 0.05) is 32.6 Å². The summed E-state index contributed by atoms with van der Waals surface area (Å²) < 4.78 is 5.84. The molecule has 5 heteroatoms. The van der Waals surface area contributed by atoms with Crippen LogP contribution in [0.4, 0.5) is 0 Å². The zero-order valence-electron chi connectivity index (χ0n) is 12.8. The number of rotatable bonds is 1. The molecule has 4 fully saturated rings. The van der Waals surface area contributed by atoms with Gasteiger partial charge in [0.25, 0.3) is 0 Å². The lowest BCUT2D eigenvalue weighted by atomic mass is 9.79. The Kier molecular flexibility index (Phi) is 2.87. The van der Waals surface area contributed by atoms with E-state index >= 15 is 0 Å². The molecule has 0 N–H and O–H groups in total. The molecule has 2 saturated carbocycles. The van der Waals surface area contributed by atoms with Crippen LogP contribution in [0.15, 0.2) is 0 Å². The Morgan fingerprint density at radius 1 is 1.24 bits per heavy atom. The van der Waals surface area contributed by atoms with Gasteiger partial charge in [-0.3, -0.25) is 9.59 Å². The van der Waals surface area contributed by atoms with Crippen molar-refractivity contribution in [3.8, 4) is 0 Å². The summed E-state index contributed by atoms with van der Waals surface area (Å²) in [7, 11) is 1.84. The normalized spacial score (nSPS) is 33.2. The second-order valence-corrected chi connectivity index (χ2v) is 7.52. The summed E-state index contributed by atoms with van der Waals surface area (Å²) in [6.45, 7) is 2.43. The largest absolute Gasteiger partial charge is 0.363 e. The molecule has 2 saturated heterocycles. The fourth-order valence-corrected chi connectivity index (χ4v) is 4.43. The summed E-state index contributed by atoms with van der Waals surface area (Å²) in [6.07, 6.45) is 6.67. The molecule has 1 unspecified atom stereocenters. The monoisotopic (exact) mass is 292 g/mol. The first-order valence-corrected chi connectivity index (χ1v) is 8.20. The number of nitrogens with zero attached hydrogens (tertiary/aromatic N) is 2.